The van der Waals surface area contributed by atoms with Crippen LogP contribution in [-0.4, -0.2) is 15.0 Å². The third-order valence-electron chi connectivity index (χ3n) is 1.55. The van der Waals surface area contributed by atoms with Gasteiger partial charge in [0.1, 0.15) is 11.6 Å². The Morgan fingerprint density at radius 3 is 2.77 bits per heavy atom. The second kappa shape index (κ2) is 3.10. The zero-order valence-electron chi connectivity index (χ0n) is 7.06. The Bertz CT molecular complexity index is 390. The van der Waals surface area contributed by atoms with Crippen LogP contribution in [0.3, 0.4) is 0 Å². The summed E-state index contributed by atoms with van der Waals surface area (Å²) in [5.41, 5.74) is 8.99. The first-order chi connectivity index (χ1) is 6.25. The van der Waals surface area contributed by atoms with Crippen LogP contribution in [0.4, 0.5) is 5.82 Å². The highest BCUT2D eigenvalue weighted by Crippen LogP contribution is 2.17. The highest BCUT2D eigenvalue weighted by atomic mass is 32.1. The molecule has 2 aromatic heterocycles. The lowest BCUT2D eigenvalue weighted by atomic mass is 10.3. The van der Waals surface area contributed by atoms with E-state index < -0.39 is 0 Å². The molecule has 0 aliphatic rings. The summed E-state index contributed by atoms with van der Waals surface area (Å²) in [5, 5.41) is 1.93. The van der Waals surface area contributed by atoms with Gasteiger partial charge < -0.3 is 5.73 Å². The van der Waals surface area contributed by atoms with Gasteiger partial charge in [0.25, 0.3) is 0 Å². The van der Waals surface area contributed by atoms with Crippen molar-refractivity contribution in [2.45, 2.75) is 6.92 Å². The van der Waals surface area contributed by atoms with Crippen LogP contribution < -0.4 is 5.73 Å². The predicted octanol–water partition coefficient (Wildman–Crippen LogP) is 1.49. The fraction of sp³-hybridized carbons (Fsp3) is 0.125. The Hall–Kier alpha value is -1.49. The Morgan fingerprint density at radius 2 is 2.15 bits per heavy atom. The molecule has 5 heteroatoms. The van der Waals surface area contributed by atoms with Gasteiger partial charge in [0.15, 0.2) is 0 Å². The number of nitrogens with two attached hydrogens (primary N) is 1. The molecule has 0 unspecified atom stereocenters. The van der Waals surface area contributed by atoms with E-state index in [-0.39, 0.29) is 0 Å². The fourth-order valence-electron chi connectivity index (χ4n) is 1.06. The maximum atomic E-state index is 5.59. The zero-order chi connectivity index (χ0) is 9.26. The molecule has 0 amide bonds. The lowest BCUT2D eigenvalue weighted by Crippen LogP contribution is -1.97. The van der Waals surface area contributed by atoms with Crippen molar-refractivity contribution in [2.24, 2.45) is 0 Å². The van der Waals surface area contributed by atoms with Crippen molar-refractivity contribution in [3.63, 3.8) is 0 Å². The van der Waals surface area contributed by atoms with Gasteiger partial charge in [0.05, 0.1) is 16.9 Å². The number of thiazole rings is 1. The number of anilines is 1. The summed E-state index contributed by atoms with van der Waals surface area (Å²) in [6.07, 6.45) is 0. The average Bonchev–Trinajstić information content (AvgIpc) is 2.53. The summed E-state index contributed by atoms with van der Waals surface area (Å²) in [4.78, 5) is 12.4. The van der Waals surface area contributed by atoms with E-state index in [0.29, 0.717) is 11.6 Å². The summed E-state index contributed by atoms with van der Waals surface area (Å²) in [6.45, 7) is 1.81. The van der Waals surface area contributed by atoms with Crippen LogP contribution in [0.1, 0.15) is 5.82 Å². The minimum absolute atomic E-state index is 0.482. The van der Waals surface area contributed by atoms with Gasteiger partial charge in [-0.15, -0.1) is 11.3 Å². The molecule has 2 rings (SSSR count). The lowest BCUT2D eigenvalue weighted by Gasteiger charge is -1.99. The van der Waals surface area contributed by atoms with Gasteiger partial charge in [-0.05, 0) is 6.92 Å². The summed E-state index contributed by atoms with van der Waals surface area (Å²) >= 11 is 1.53. The molecule has 2 aromatic rings. The van der Waals surface area contributed by atoms with Crippen molar-refractivity contribution in [3.05, 3.63) is 22.8 Å². The van der Waals surface area contributed by atoms with Crippen molar-refractivity contribution >= 4 is 17.2 Å². The molecule has 0 aliphatic carbocycles. The third kappa shape index (κ3) is 1.65. The van der Waals surface area contributed by atoms with Gasteiger partial charge in [0, 0.05) is 11.4 Å². The van der Waals surface area contributed by atoms with E-state index in [1.54, 1.807) is 11.6 Å². The molecule has 0 bridgehead atoms. The molecule has 4 nitrogen and oxygen atoms in total. The molecular weight excluding hydrogens is 184 g/mol. The number of rotatable bonds is 1. The van der Waals surface area contributed by atoms with Crippen LogP contribution in [0.15, 0.2) is 17.0 Å². The van der Waals surface area contributed by atoms with Gasteiger partial charge in [-0.3, -0.25) is 0 Å². The summed E-state index contributed by atoms with van der Waals surface area (Å²) in [5.74, 6) is 1.15. The summed E-state index contributed by atoms with van der Waals surface area (Å²) in [6, 6.07) is 1.72. The Kier molecular flexibility index (Phi) is 1.94. The molecule has 0 radical (unpaired) electrons. The van der Waals surface area contributed by atoms with Crippen molar-refractivity contribution in [1.29, 1.82) is 0 Å². The van der Waals surface area contributed by atoms with E-state index in [4.69, 9.17) is 5.73 Å². The van der Waals surface area contributed by atoms with Crippen molar-refractivity contribution in [2.75, 3.05) is 5.73 Å². The quantitative estimate of drug-likeness (QED) is 0.743. The number of hydrogen-bond acceptors (Lipinski definition) is 5. The highest BCUT2D eigenvalue weighted by Gasteiger charge is 2.03. The van der Waals surface area contributed by atoms with E-state index in [2.05, 4.69) is 15.0 Å². The first-order valence-electron chi connectivity index (χ1n) is 3.75. The monoisotopic (exact) mass is 192 g/mol. The van der Waals surface area contributed by atoms with Gasteiger partial charge in [-0.25, -0.2) is 15.0 Å². The molecule has 2 N–H and O–H groups in total. The molecule has 13 heavy (non-hydrogen) atoms. The molecule has 2 heterocycles. The maximum Gasteiger partial charge on any atom is 0.128 e. The van der Waals surface area contributed by atoms with Crippen LogP contribution in [0.25, 0.3) is 11.4 Å². The molecular formula is C8H8N4S. The van der Waals surface area contributed by atoms with Gasteiger partial charge in [-0.1, -0.05) is 0 Å². The van der Waals surface area contributed by atoms with Crippen LogP contribution in [-0.2, 0) is 0 Å². The Labute approximate surface area is 79.5 Å². The molecule has 0 fully saturated rings. The minimum Gasteiger partial charge on any atom is -0.384 e. The standard InChI is InChI=1S/C8H8N4S/c1-5-11-6(2-8(9)12-5)7-3-13-4-10-7/h2-4H,1H3,(H2,9,11,12). The molecule has 0 saturated heterocycles. The normalized spacial score (nSPS) is 10.2. The first-order valence-corrected chi connectivity index (χ1v) is 4.70. The van der Waals surface area contributed by atoms with Crippen LogP contribution in [0.5, 0.6) is 0 Å². The topological polar surface area (TPSA) is 64.7 Å². The number of nitrogens with zero attached hydrogens (tertiary/aromatic N) is 3. The Morgan fingerprint density at radius 1 is 1.31 bits per heavy atom. The average molecular weight is 192 g/mol. The third-order valence-corrected chi connectivity index (χ3v) is 2.14. The number of aryl methyl sites for hydroxylation is 1. The highest BCUT2D eigenvalue weighted by molar-refractivity contribution is 7.07. The fourth-order valence-corrected chi connectivity index (χ4v) is 1.61. The number of nitrogen functional groups attached to an aromatic ring is 1. The smallest absolute Gasteiger partial charge is 0.128 e. The van der Waals surface area contributed by atoms with Crippen LogP contribution in [0, 0.1) is 6.92 Å². The number of hydrogen-bond donors (Lipinski definition) is 1. The predicted molar refractivity (Wildman–Crippen MR) is 52.3 cm³/mol. The van der Waals surface area contributed by atoms with Crippen LogP contribution >= 0.6 is 11.3 Å². The van der Waals surface area contributed by atoms with E-state index in [9.17, 15) is 0 Å². The van der Waals surface area contributed by atoms with Crippen LogP contribution in [0.2, 0.25) is 0 Å². The van der Waals surface area contributed by atoms with Gasteiger partial charge in [0.2, 0.25) is 0 Å². The molecule has 0 spiro atoms. The molecule has 66 valence electrons. The summed E-state index contributed by atoms with van der Waals surface area (Å²) < 4.78 is 0. The number of aromatic nitrogens is 3. The first kappa shape index (κ1) is 8.12. The van der Waals surface area contributed by atoms with E-state index >= 15 is 0 Å². The minimum atomic E-state index is 0.482. The second-order valence-electron chi connectivity index (χ2n) is 2.60. The van der Waals surface area contributed by atoms with E-state index in [1.807, 2.05) is 12.3 Å². The van der Waals surface area contributed by atoms with Crippen molar-refractivity contribution in [3.8, 4) is 11.4 Å². The second-order valence-corrected chi connectivity index (χ2v) is 3.32. The maximum absolute atomic E-state index is 5.59. The SMILES string of the molecule is Cc1nc(N)cc(-c2cscn2)n1. The van der Waals surface area contributed by atoms with Gasteiger partial charge in [-0.2, -0.15) is 0 Å². The largest absolute Gasteiger partial charge is 0.384 e. The molecule has 0 aliphatic heterocycles. The van der Waals surface area contributed by atoms with Crippen molar-refractivity contribution < 1.29 is 0 Å². The van der Waals surface area contributed by atoms with Crippen molar-refractivity contribution in [1.82, 2.24) is 15.0 Å². The Balaban J connectivity index is 2.53. The lowest BCUT2D eigenvalue weighted by molar-refractivity contribution is 1.06. The van der Waals surface area contributed by atoms with E-state index in [1.165, 1.54) is 11.3 Å². The molecule has 0 saturated carbocycles. The zero-order valence-corrected chi connectivity index (χ0v) is 7.88. The molecule has 0 aromatic carbocycles. The molecule has 0 atom stereocenters. The summed E-state index contributed by atoms with van der Waals surface area (Å²) in [7, 11) is 0. The van der Waals surface area contributed by atoms with E-state index in [0.717, 1.165) is 11.4 Å². The van der Waals surface area contributed by atoms with Gasteiger partial charge >= 0.3 is 0 Å².